The van der Waals surface area contributed by atoms with Crippen molar-refractivity contribution in [1.29, 1.82) is 0 Å². The number of esters is 2. The van der Waals surface area contributed by atoms with E-state index in [1.807, 2.05) is 0 Å². The first-order chi connectivity index (χ1) is 11.0. The quantitative estimate of drug-likeness (QED) is 0.251. The molecule has 131 valence electrons. The summed E-state index contributed by atoms with van der Waals surface area (Å²) in [4.78, 5) is 21.2. The maximum Gasteiger partial charge on any atom is 0.333 e. The molecule has 0 N–H and O–H groups in total. The molecule has 1 aliphatic rings. The fourth-order valence-electron chi connectivity index (χ4n) is 1.20. The third-order valence-corrected chi connectivity index (χ3v) is 2.53. The Morgan fingerprint density at radius 2 is 1.87 bits per heavy atom. The second-order valence-corrected chi connectivity index (χ2v) is 4.88. The van der Waals surface area contributed by atoms with E-state index in [1.54, 1.807) is 6.92 Å². The lowest BCUT2D eigenvalue weighted by atomic mass is 10.3. The molecule has 1 aliphatic heterocycles. The van der Waals surface area contributed by atoms with Crippen molar-refractivity contribution in [2.75, 3.05) is 33.0 Å². The van der Waals surface area contributed by atoms with E-state index in [0.717, 1.165) is 19.4 Å². The van der Waals surface area contributed by atoms with Crippen molar-refractivity contribution in [3.8, 4) is 0 Å². The molecule has 0 amide bonds. The van der Waals surface area contributed by atoms with E-state index in [0.29, 0.717) is 44.5 Å². The second-order valence-electron chi connectivity index (χ2n) is 4.88. The van der Waals surface area contributed by atoms with Crippen LogP contribution in [0.15, 0.2) is 24.8 Å². The summed E-state index contributed by atoms with van der Waals surface area (Å²) >= 11 is 0. The van der Waals surface area contributed by atoms with Crippen LogP contribution >= 0.6 is 0 Å². The predicted octanol–water partition coefficient (Wildman–Crippen LogP) is 2.24. The van der Waals surface area contributed by atoms with E-state index in [9.17, 15) is 9.59 Å². The molecule has 0 aromatic carbocycles. The van der Waals surface area contributed by atoms with Crippen molar-refractivity contribution in [3.63, 3.8) is 0 Å². The SMILES string of the molecule is C=CC(=O)OCCCCOCC1CO1.[CH2]CCOC(=O)C(=C)C. The van der Waals surface area contributed by atoms with E-state index in [-0.39, 0.29) is 11.9 Å². The highest BCUT2D eigenvalue weighted by molar-refractivity contribution is 5.86. The summed E-state index contributed by atoms with van der Waals surface area (Å²) in [5.41, 5.74) is 0.434. The van der Waals surface area contributed by atoms with Gasteiger partial charge in [-0.3, -0.25) is 0 Å². The fraction of sp³-hybridized carbons (Fsp3) is 0.588. The summed E-state index contributed by atoms with van der Waals surface area (Å²) in [5, 5.41) is 0. The van der Waals surface area contributed by atoms with Gasteiger partial charge in [0.15, 0.2) is 0 Å². The number of rotatable bonds is 11. The highest BCUT2D eigenvalue weighted by atomic mass is 16.6. The van der Waals surface area contributed by atoms with Gasteiger partial charge >= 0.3 is 11.9 Å². The minimum Gasteiger partial charge on any atom is -0.463 e. The van der Waals surface area contributed by atoms with Gasteiger partial charge in [0.25, 0.3) is 0 Å². The van der Waals surface area contributed by atoms with Crippen LogP contribution in [0.3, 0.4) is 0 Å². The fourth-order valence-corrected chi connectivity index (χ4v) is 1.20. The summed E-state index contributed by atoms with van der Waals surface area (Å²) in [5.74, 6) is -0.698. The number of unbranched alkanes of at least 4 members (excludes halogenated alkanes) is 1. The molecule has 6 nitrogen and oxygen atoms in total. The minimum atomic E-state index is -0.364. The van der Waals surface area contributed by atoms with Gasteiger partial charge in [0, 0.05) is 18.3 Å². The molecule has 23 heavy (non-hydrogen) atoms. The van der Waals surface area contributed by atoms with Crippen LogP contribution in [0.1, 0.15) is 26.2 Å². The zero-order valence-electron chi connectivity index (χ0n) is 13.9. The summed E-state index contributed by atoms with van der Waals surface area (Å²) in [6.45, 7) is 14.9. The van der Waals surface area contributed by atoms with Gasteiger partial charge in [-0.25, -0.2) is 9.59 Å². The molecule has 0 spiro atoms. The number of hydrogen-bond donors (Lipinski definition) is 0. The highest BCUT2D eigenvalue weighted by Crippen LogP contribution is 2.08. The Labute approximate surface area is 138 Å². The maximum atomic E-state index is 10.6. The van der Waals surface area contributed by atoms with Gasteiger partial charge < -0.3 is 18.9 Å². The van der Waals surface area contributed by atoms with E-state index < -0.39 is 0 Å². The van der Waals surface area contributed by atoms with E-state index in [2.05, 4.69) is 24.8 Å². The topological polar surface area (TPSA) is 74.4 Å². The van der Waals surface area contributed by atoms with Crippen molar-refractivity contribution in [2.24, 2.45) is 0 Å². The number of carbonyl (C=O) groups excluding carboxylic acids is 2. The largest absolute Gasteiger partial charge is 0.463 e. The van der Waals surface area contributed by atoms with Crippen LogP contribution in [0.2, 0.25) is 0 Å². The molecule has 1 saturated heterocycles. The van der Waals surface area contributed by atoms with Crippen LogP contribution in [-0.2, 0) is 28.5 Å². The Kier molecular flexibility index (Phi) is 13.0. The second kappa shape index (κ2) is 14.0. The Balaban J connectivity index is 0.000000468. The highest BCUT2D eigenvalue weighted by Gasteiger charge is 2.21. The van der Waals surface area contributed by atoms with Crippen molar-refractivity contribution < 1.29 is 28.5 Å². The Hall–Kier alpha value is -1.66. The maximum absolute atomic E-state index is 10.6. The first-order valence-electron chi connectivity index (χ1n) is 7.61. The first-order valence-corrected chi connectivity index (χ1v) is 7.61. The standard InChI is InChI=1S/C10H16O4.C7H11O2/c1-2-10(11)13-6-4-3-5-12-7-9-8-14-9;1-4-5-9-7(8)6(2)3/h2,9H,1,3-8H2;1-2,4-5H2,3H3. The van der Waals surface area contributed by atoms with Crippen molar-refractivity contribution >= 4 is 11.9 Å². The molecule has 0 saturated carbocycles. The van der Waals surface area contributed by atoms with Crippen molar-refractivity contribution in [2.45, 2.75) is 32.3 Å². The van der Waals surface area contributed by atoms with Crippen LogP contribution in [0.25, 0.3) is 0 Å². The summed E-state index contributed by atoms with van der Waals surface area (Å²) in [6, 6.07) is 0. The molecule has 0 aromatic heterocycles. The first kappa shape index (κ1) is 21.3. The van der Waals surface area contributed by atoms with E-state index in [4.69, 9.17) is 14.2 Å². The van der Waals surface area contributed by atoms with Crippen LogP contribution in [0.4, 0.5) is 0 Å². The lowest BCUT2D eigenvalue weighted by Crippen LogP contribution is -2.05. The summed E-state index contributed by atoms with van der Waals surface area (Å²) in [6.07, 6.45) is 3.83. The Morgan fingerprint density at radius 1 is 1.22 bits per heavy atom. The molecule has 1 atom stereocenters. The molecule has 0 aromatic rings. The minimum absolute atomic E-state index is 0.327. The Morgan fingerprint density at radius 3 is 2.39 bits per heavy atom. The molecule has 1 rings (SSSR count). The molecule has 0 aliphatic carbocycles. The van der Waals surface area contributed by atoms with Gasteiger partial charge in [0.2, 0.25) is 0 Å². The number of carbonyl (C=O) groups is 2. The van der Waals surface area contributed by atoms with Gasteiger partial charge in [-0.2, -0.15) is 0 Å². The van der Waals surface area contributed by atoms with Gasteiger partial charge in [-0.1, -0.05) is 13.2 Å². The van der Waals surface area contributed by atoms with Gasteiger partial charge in [-0.15, -0.1) is 0 Å². The summed E-state index contributed by atoms with van der Waals surface area (Å²) < 4.78 is 19.7. The zero-order chi connectivity index (χ0) is 17.5. The van der Waals surface area contributed by atoms with Gasteiger partial charge in [-0.05, 0) is 33.1 Å². The molecule has 0 bridgehead atoms. The predicted molar refractivity (Wildman–Crippen MR) is 86.7 cm³/mol. The third-order valence-electron chi connectivity index (χ3n) is 2.53. The van der Waals surface area contributed by atoms with E-state index >= 15 is 0 Å². The molecular formula is C17H27O6. The molecular weight excluding hydrogens is 300 g/mol. The van der Waals surface area contributed by atoms with Crippen LogP contribution in [-0.4, -0.2) is 51.1 Å². The number of ether oxygens (including phenoxy) is 4. The zero-order valence-corrected chi connectivity index (χ0v) is 13.9. The molecule has 6 heteroatoms. The van der Waals surface area contributed by atoms with Crippen LogP contribution < -0.4 is 0 Å². The Bertz CT molecular complexity index is 373. The molecule has 1 unspecified atom stereocenters. The monoisotopic (exact) mass is 327 g/mol. The molecule has 1 heterocycles. The van der Waals surface area contributed by atoms with Crippen LogP contribution in [0, 0.1) is 6.92 Å². The average molecular weight is 327 g/mol. The van der Waals surface area contributed by atoms with Gasteiger partial charge in [0.1, 0.15) is 6.10 Å². The summed E-state index contributed by atoms with van der Waals surface area (Å²) in [7, 11) is 0. The smallest absolute Gasteiger partial charge is 0.333 e. The average Bonchev–Trinajstić information content (AvgIpc) is 3.36. The molecule has 1 radical (unpaired) electrons. The third kappa shape index (κ3) is 15.0. The van der Waals surface area contributed by atoms with Crippen LogP contribution in [0.5, 0.6) is 0 Å². The van der Waals surface area contributed by atoms with Crippen molar-refractivity contribution in [3.05, 3.63) is 31.7 Å². The number of epoxide rings is 1. The normalized spacial score (nSPS) is 15.0. The van der Waals surface area contributed by atoms with Gasteiger partial charge in [0.05, 0.1) is 26.4 Å². The van der Waals surface area contributed by atoms with Crippen molar-refractivity contribution in [1.82, 2.24) is 0 Å². The van der Waals surface area contributed by atoms with E-state index in [1.165, 1.54) is 6.08 Å². The lowest BCUT2D eigenvalue weighted by Gasteiger charge is -2.02. The lowest BCUT2D eigenvalue weighted by molar-refractivity contribution is -0.139. The number of hydrogen-bond acceptors (Lipinski definition) is 6. The molecule has 1 fully saturated rings.